The lowest BCUT2D eigenvalue weighted by molar-refractivity contribution is -0.136. The zero-order chi connectivity index (χ0) is 39.1. The smallest absolute Gasteiger partial charge is 0.407 e. The van der Waals surface area contributed by atoms with Gasteiger partial charge >= 0.3 is 6.09 Å². The molecule has 1 spiro atoms. The second-order valence-electron chi connectivity index (χ2n) is 15.9. The van der Waals surface area contributed by atoms with Crippen molar-refractivity contribution in [3.05, 3.63) is 95.6 Å². The van der Waals surface area contributed by atoms with E-state index in [1.165, 1.54) is 0 Å². The highest BCUT2D eigenvalue weighted by molar-refractivity contribution is 5.87. The Kier molecular flexibility index (Phi) is 13.3. The molecule has 2 aromatic carbocycles. The summed E-state index contributed by atoms with van der Waals surface area (Å²) in [6.45, 7) is 11.3. The van der Waals surface area contributed by atoms with Gasteiger partial charge in [0.15, 0.2) is 0 Å². The summed E-state index contributed by atoms with van der Waals surface area (Å²) < 4.78 is 23.9. The first kappa shape index (κ1) is 40.4. The van der Waals surface area contributed by atoms with Gasteiger partial charge in [-0.15, -0.1) is 0 Å². The molecular formula is C44H57N3O8. The number of allylic oxidation sites excluding steroid dienone is 3. The van der Waals surface area contributed by atoms with Gasteiger partial charge in [-0.05, 0) is 66.9 Å². The molecule has 3 aliphatic heterocycles. The van der Waals surface area contributed by atoms with Gasteiger partial charge in [-0.1, -0.05) is 99.2 Å². The lowest BCUT2D eigenvalue weighted by atomic mass is 9.87. The number of amides is 3. The van der Waals surface area contributed by atoms with Crippen molar-refractivity contribution in [1.29, 1.82) is 0 Å². The molecule has 2 aromatic rings. The second kappa shape index (κ2) is 18.1. The van der Waals surface area contributed by atoms with Crippen molar-refractivity contribution in [2.75, 3.05) is 26.3 Å². The minimum Gasteiger partial charge on any atom is -0.449 e. The first-order chi connectivity index (χ1) is 26.4. The normalized spacial score (nSPS) is 29.0. The Hall–Kier alpha value is -4.29. The molecule has 11 nitrogen and oxygen atoms in total. The van der Waals surface area contributed by atoms with E-state index in [2.05, 4.69) is 53.2 Å². The van der Waals surface area contributed by atoms with Gasteiger partial charge in [0.1, 0.15) is 24.4 Å². The number of benzene rings is 2. The van der Waals surface area contributed by atoms with Crippen molar-refractivity contribution < 1.29 is 38.4 Å². The van der Waals surface area contributed by atoms with Crippen LogP contribution in [0.15, 0.2) is 84.5 Å². The largest absolute Gasteiger partial charge is 0.449 e. The van der Waals surface area contributed by atoms with Crippen LogP contribution in [0.3, 0.4) is 0 Å². The van der Waals surface area contributed by atoms with Crippen molar-refractivity contribution >= 4 is 17.9 Å². The first-order valence-electron chi connectivity index (χ1n) is 19.7. The number of carbonyl (C=O) groups is 3. The Labute approximate surface area is 324 Å². The Balaban J connectivity index is 0.913. The van der Waals surface area contributed by atoms with E-state index in [9.17, 15) is 19.5 Å². The van der Waals surface area contributed by atoms with Gasteiger partial charge < -0.3 is 40.0 Å². The van der Waals surface area contributed by atoms with Gasteiger partial charge in [-0.2, -0.15) is 0 Å². The van der Waals surface area contributed by atoms with E-state index in [1.54, 1.807) is 6.08 Å². The van der Waals surface area contributed by atoms with Gasteiger partial charge in [0, 0.05) is 31.8 Å². The summed E-state index contributed by atoms with van der Waals surface area (Å²) >= 11 is 0. The van der Waals surface area contributed by atoms with Crippen molar-refractivity contribution in [2.45, 2.75) is 108 Å². The van der Waals surface area contributed by atoms with Crippen molar-refractivity contribution in [3.8, 4) is 11.1 Å². The molecule has 0 bridgehead atoms. The van der Waals surface area contributed by atoms with Crippen LogP contribution in [0.4, 0.5) is 4.79 Å². The maximum Gasteiger partial charge on any atom is 0.407 e. The maximum absolute atomic E-state index is 12.7. The zero-order valence-electron chi connectivity index (χ0n) is 32.7. The molecule has 296 valence electrons. The molecule has 0 unspecified atom stereocenters. The first-order valence-corrected chi connectivity index (χ1v) is 19.7. The number of alkyl carbamates (subject to hydrolysis) is 1. The van der Waals surface area contributed by atoms with Crippen molar-refractivity contribution in [2.24, 2.45) is 11.8 Å². The highest BCUT2D eigenvalue weighted by Gasteiger charge is 2.58. The summed E-state index contributed by atoms with van der Waals surface area (Å²) in [7, 11) is 0. The van der Waals surface area contributed by atoms with E-state index in [-0.39, 0.29) is 74.1 Å². The molecular weight excluding hydrogens is 698 g/mol. The fraction of sp³-hybridized carbons (Fsp3) is 0.523. The lowest BCUT2D eigenvalue weighted by Crippen LogP contribution is -2.52. The molecule has 3 amide bonds. The average molecular weight is 756 g/mol. The third-order valence-corrected chi connectivity index (χ3v) is 11.2. The number of rotatable bonds is 14. The fourth-order valence-electron chi connectivity index (χ4n) is 7.89. The molecule has 8 atom stereocenters. The molecule has 6 rings (SSSR count). The number of fused-ring (bicyclic) bond motifs is 3. The van der Waals surface area contributed by atoms with Crippen LogP contribution in [-0.4, -0.2) is 91.5 Å². The van der Waals surface area contributed by atoms with Crippen LogP contribution in [0.25, 0.3) is 11.1 Å². The molecule has 4 N–H and O–H groups in total. The van der Waals surface area contributed by atoms with Crippen LogP contribution in [-0.2, 0) is 28.5 Å². The zero-order valence-corrected chi connectivity index (χ0v) is 32.7. The highest BCUT2D eigenvalue weighted by Crippen LogP contribution is 2.45. The molecule has 3 heterocycles. The monoisotopic (exact) mass is 755 g/mol. The Morgan fingerprint density at radius 3 is 2.36 bits per heavy atom. The summed E-state index contributed by atoms with van der Waals surface area (Å²) in [4.78, 5) is 37.6. The van der Waals surface area contributed by atoms with Crippen LogP contribution in [0.1, 0.15) is 77.3 Å². The molecule has 3 saturated heterocycles. The van der Waals surface area contributed by atoms with Crippen LogP contribution >= 0.6 is 0 Å². The maximum atomic E-state index is 12.7. The number of aliphatic hydroxyl groups is 1. The van der Waals surface area contributed by atoms with Gasteiger partial charge in [0.05, 0.1) is 31.0 Å². The number of nitrogens with one attached hydrogen (secondary N) is 3. The van der Waals surface area contributed by atoms with E-state index in [0.717, 1.165) is 40.7 Å². The van der Waals surface area contributed by atoms with Crippen LogP contribution in [0, 0.1) is 11.8 Å². The Bertz CT molecular complexity index is 1720. The Morgan fingerprint density at radius 2 is 1.69 bits per heavy atom. The third kappa shape index (κ3) is 10.3. The topological polar surface area (TPSA) is 148 Å². The van der Waals surface area contributed by atoms with E-state index in [4.69, 9.17) is 18.9 Å². The van der Waals surface area contributed by atoms with E-state index in [1.807, 2.05) is 70.2 Å². The summed E-state index contributed by atoms with van der Waals surface area (Å²) in [5.74, 6) is 0.228. The van der Waals surface area contributed by atoms with E-state index < -0.39 is 23.9 Å². The molecule has 4 aliphatic rings. The van der Waals surface area contributed by atoms with Gasteiger partial charge in [-0.25, -0.2) is 4.79 Å². The van der Waals surface area contributed by atoms with E-state index >= 15 is 0 Å². The van der Waals surface area contributed by atoms with Crippen LogP contribution in [0.2, 0.25) is 0 Å². The van der Waals surface area contributed by atoms with Crippen LogP contribution < -0.4 is 16.0 Å². The molecule has 0 saturated carbocycles. The molecule has 0 aromatic heterocycles. The number of hydrogen-bond acceptors (Lipinski definition) is 8. The quantitative estimate of drug-likeness (QED) is 0.109. The minimum absolute atomic E-state index is 0.0273. The molecule has 55 heavy (non-hydrogen) atoms. The minimum atomic E-state index is -0.824. The summed E-state index contributed by atoms with van der Waals surface area (Å²) in [5, 5.41) is 19.8. The standard InChI is InChI=1S/C44H57N3O8/c1-27(2)14-19-41(49)47-37-22-29(4)38(54-30(37)5)17-15-28(3)16-18-39-42(50)44(26-53-44)23-31(55-39)24-46-40(48)20-21-45-43(51)52-25-36-34-12-8-6-10-32(34)33-11-7-9-13-35(33)36/h6-16,18-19,27,29-31,36-39,42,50H,17,20-26H2,1-5H3,(H,45,51)(H,46,48)(H,47,49)/b18-16+,19-14-,28-15+/t29-,30+,31-,37+,38-,39+,42+,44+/m0/s1. The predicted molar refractivity (Wildman–Crippen MR) is 210 cm³/mol. The van der Waals surface area contributed by atoms with Gasteiger partial charge in [-0.3, -0.25) is 9.59 Å². The predicted octanol–water partition coefficient (Wildman–Crippen LogP) is 5.72. The van der Waals surface area contributed by atoms with Gasteiger partial charge in [0.25, 0.3) is 0 Å². The number of ether oxygens (including phenoxy) is 4. The number of epoxide rings is 1. The van der Waals surface area contributed by atoms with Crippen molar-refractivity contribution in [3.63, 3.8) is 0 Å². The Morgan fingerprint density at radius 1 is 1.00 bits per heavy atom. The second-order valence-corrected chi connectivity index (χ2v) is 15.9. The SMILES string of the molecule is CC(/C=C/[C@H]1O[C@H](CNC(=O)CCNC(=O)OCC2c3ccccc3-c3ccccc32)C[C@@]2(CO2)[C@@H]1O)=C\C[C@@H]1O[C@H](C)[C@H](NC(=O)/C=C\C(C)C)C[C@@H]1C. The number of carbonyl (C=O) groups excluding carboxylic acids is 3. The third-order valence-electron chi connectivity index (χ3n) is 11.2. The fourth-order valence-corrected chi connectivity index (χ4v) is 7.89. The van der Waals surface area contributed by atoms with Gasteiger partial charge in [0.2, 0.25) is 11.8 Å². The summed E-state index contributed by atoms with van der Waals surface area (Å²) in [6.07, 6.45) is 9.13. The molecule has 0 radical (unpaired) electrons. The summed E-state index contributed by atoms with van der Waals surface area (Å²) in [5.41, 5.74) is 4.93. The number of aliphatic hydroxyl groups excluding tert-OH is 1. The number of hydrogen-bond donors (Lipinski definition) is 4. The van der Waals surface area contributed by atoms with Crippen LogP contribution in [0.5, 0.6) is 0 Å². The summed E-state index contributed by atoms with van der Waals surface area (Å²) in [6, 6.07) is 16.3. The molecule has 11 heteroatoms. The molecule has 1 aliphatic carbocycles. The van der Waals surface area contributed by atoms with E-state index in [0.29, 0.717) is 18.9 Å². The highest BCUT2D eigenvalue weighted by atomic mass is 16.6. The van der Waals surface area contributed by atoms with Crippen molar-refractivity contribution in [1.82, 2.24) is 16.0 Å². The lowest BCUT2D eigenvalue weighted by Gasteiger charge is -2.39. The molecule has 3 fully saturated rings. The average Bonchev–Trinajstić information content (AvgIpc) is 3.87.